The molecule has 0 aromatic heterocycles. The van der Waals surface area contributed by atoms with E-state index in [1.165, 1.54) is 24.3 Å². The summed E-state index contributed by atoms with van der Waals surface area (Å²) in [6.07, 6.45) is 0.832. The Kier molecular flexibility index (Phi) is 4.13. The number of rotatable bonds is 2. The fourth-order valence-electron chi connectivity index (χ4n) is 2.46. The summed E-state index contributed by atoms with van der Waals surface area (Å²) in [6.45, 7) is 4.11. The summed E-state index contributed by atoms with van der Waals surface area (Å²) in [5, 5.41) is 9.25. The fourth-order valence-corrected chi connectivity index (χ4v) is 4.12. The first kappa shape index (κ1) is 14.3. The number of nitrogens with zero attached hydrogens (tertiary/aromatic N) is 2. The van der Waals surface area contributed by atoms with Gasteiger partial charge in [-0.1, -0.05) is 0 Å². The molecule has 1 aliphatic rings. The van der Waals surface area contributed by atoms with Crippen LogP contribution < -0.4 is 0 Å². The second kappa shape index (κ2) is 5.48. The van der Waals surface area contributed by atoms with Crippen LogP contribution >= 0.6 is 0 Å². The molecule has 2 rings (SSSR count). The molecule has 0 saturated carbocycles. The molecule has 1 aromatic rings. The highest BCUT2D eigenvalue weighted by molar-refractivity contribution is 7.89. The van der Waals surface area contributed by atoms with Gasteiger partial charge in [0.2, 0.25) is 10.0 Å². The van der Waals surface area contributed by atoms with E-state index in [0.29, 0.717) is 6.54 Å². The summed E-state index contributed by atoms with van der Waals surface area (Å²) >= 11 is 0. The van der Waals surface area contributed by atoms with Crippen molar-refractivity contribution >= 4 is 10.0 Å². The molecule has 1 atom stereocenters. The lowest BCUT2D eigenvalue weighted by Crippen LogP contribution is -2.41. The van der Waals surface area contributed by atoms with E-state index in [4.69, 9.17) is 0 Å². The van der Waals surface area contributed by atoms with Crippen LogP contribution in [0.25, 0.3) is 0 Å². The molecule has 0 radical (unpaired) electrons. The van der Waals surface area contributed by atoms with E-state index in [0.717, 1.165) is 19.5 Å². The van der Waals surface area contributed by atoms with Gasteiger partial charge in [0.25, 0.3) is 0 Å². The Hall–Kier alpha value is -1.11. The van der Waals surface area contributed by atoms with Crippen LogP contribution in [0.2, 0.25) is 0 Å². The van der Waals surface area contributed by atoms with Crippen molar-refractivity contribution in [3.8, 4) is 5.75 Å². The number of benzene rings is 1. The van der Waals surface area contributed by atoms with Crippen LogP contribution in [0.15, 0.2) is 29.2 Å². The maximum Gasteiger partial charge on any atom is 0.243 e. The topological polar surface area (TPSA) is 60.9 Å². The van der Waals surface area contributed by atoms with Crippen molar-refractivity contribution < 1.29 is 13.5 Å². The Labute approximate surface area is 114 Å². The normalized spacial score (nSPS) is 23.2. The van der Waals surface area contributed by atoms with Crippen molar-refractivity contribution in [1.29, 1.82) is 0 Å². The van der Waals surface area contributed by atoms with Crippen molar-refractivity contribution in [1.82, 2.24) is 9.21 Å². The molecule has 1 aromatic carbocycles. The number of aromatic hydroxyl groups is 1. The molecule has 0 bridgehead atoms. The van der Waals surface area contributed by atoms with Crippen molar-refractivity contribution in [2.45, 2.75) is 24.3 Å². The van der Waals surface area contributed by atoms with Crippen LogP contribution in [0.3, 0.4) is 0 Å². The average molecular weight is 284 g/mol. The second-order valence-electron chi connectivity index (χ2n) is 5.07. The van der Waals surface area contributed by atoms with Gasteiger partial charge >= 0.3 is 0 Å². The number of hydrogen-bond acceptors (Lipinski definition) is 4. The molecule has 1 fully saturated rings. The predicted octanol–water partition coefficient (Wildman–Crippen LogP) is 1.11. The fraction of sp³-hybridized carbons (Fsp3) is 0.538. The smallest absolute Gasteiger partial charge is 0.243 e. The first-order valence-electron chi connectivity index (χ1n) is 6.40. The first-order valence-corrected chi connectivity index (χ1v) is 7.84. The molecule has 5 nitrogen and oxygen atoms in total. The van der Waals surface area contributed by atoms with Crippen molar-refractivity contribution in [2.24, 2.45) is 0 Å². The lowest BCUT2D eigenvalue weighted by Gasteiger charge is -2.27. The minimum Gasteiger partial charge on any atom is -0.508 e. The number of sulfonamides is 1. The highest BCUT2D eigenvalue weighted by Gasteiger charge is 2.31. The van der Waals surface area contributed by atoms with E-state index in [9.17, 15) is 13.5 Å². The summed E-state index contributed by atoms with van der Waals surface area (Å²) in [7, 11) is -1.47. The molecule has 106 valence electrons. The molecule has 1 N–H and O–H groups in total. The number of likely N-dealkylation sites (N-methyl/N-ethyl adjacent to an activating group) is 1. The average Bonchev–Trinajstić information content (AvgIpc) is 2.50. The molecule has 0 amide bonds. The molecule has 0 aliphatic carbocycles. The minimum atomic E-state index is -3.48. The molecule has 1 unspecified atom stereocenters. The standard InChI is InChI=1S/C13H20N2O3S/c1-11-10-14(2)8-3-9-15(11)19(17,18)13-6-4-12(16)5-7-13/h4-7,11,16H,3,8-10H2,1-2H3. The molecule has 0 spiro atoms. The third-order valence-corrected chi connectivity index (χ3v) is 5.46. The molecule has 1 heterocycles. The van der Waals surface area contributed by atoms with Crippen molar-refractivity contribution in [2.75, 3.05) is 26.7 Å². The monoisotopic (exact) mass is 284 g/mol. The predicted molar refractivity (Wildman–Crippen MR) is 73.6 cm³/mol. The van der Waals surface area contributed by atoms with Crippen molar-refractivity contribution in [3.05, 3.63) is 24.3 Å². The third-order valence-electron chi connectivity index (χ3n) is 3.43. The lowest BCUT2D eigenvalue weighted by atomic mass is 10.3. The quantitative estimate of drug-likeness (QED) is 0.883. The van der Waals surface area contributed by atoms with Crippen LogP contribution in [0.1, 0.15) is 13.3 Å². The van der Waals surface area contributed by atoms with Gasteiger partial charge in [0.05, 0.1) is 4.90 Å². The van der Waals surface area contributed by atoms with Crippen LogP contribution in [0.5, 0.6) is 5.75 Å². The number of phenols is 1. The van der Waals surface area contributed by atoms with Crippen LogP contribution in [0, 0.1) is 0 Å². The highest BCUT2D eigenvalue weighted by Crippen LogP contribution is 2.22. The largest absolute Gasteiger partial charge is 0.508 e. The molecular weight excluding hydrogens is 264 g/mol. The van der Waals surface area contributed by atoms with Gasteiger partial charge < -0.3 is 10.0 Å². The maximum atomic E-state index is 12.6. The zero-order valence-electron chi connectivity index (χ0n) is 11.3. The SMILES string of the molecule is CC1CN(C)CCCN1S(=O)(=O)c1ccc(O)cc1. The zero-order valence-corrected chi connectivity index (χ0v) is 12.1. The molecule has 1 aliphatic heterocycles. The van der Waals surface area contributed by atoms with Gasteiger partial charge in [-0.2, -0.15) is 4.31 Å². The molecule has 1 saturated heterocycles. The van der Waals surface area contributed by atoms with E-state index in [2.05, 4.69) is 4.90 Å². The Morgan fingerprint density at radius 1 is 1.21 bits per heavy atom. The Bertz CT molecular complexity index is 527. The summed E-state index contributed by atoms with van der Waals surface area (Å²) in [4.78, 5) is 2.39. The van der Waals surface area contributed by atoms with E-state index in [1.54, 1.807) is 4.31 Å². The van der Waals surface area contributed by atoms with Crippen LogP contribution in [0.4, 0.5) is 0 Å². The van der Waals surface area contributed by atoms with E-state index >= 15 is 0 Å². The Balaban J connectivity index is 2.30. The van der Waals surface area contributed by atoms with E-state index in [-0.39, 0.29) is 16.7 Å². The minimum absolute atomic E-state index is 0.0497. The van der Waals surface area contributed by atoms with Gasteiger partial charge in [-0.25, -0.2) is 8.42 Å². The zero-order chi connectivity index (χ0) is 14.0. The second-order valence-corrected chi connectivity index (χ2v) is 6.97. The number of hydrogen-bond donors (Lipinski definition) is 1. The summed E-state index contributed by atoms with van der Waals surface area (Å²) in [5.41, 5.74) is 0. The number of phenolic OH excluding ortho intramolecular Hbond substituents is 1. The Morgan fingerprint density at radius 3 is 2.47 bits per heavy atom. The van der Waals surface area contributed by atoms with E-state index < -0.39 is 10.0 Å². The molecule has 19 heavy (non-hydrogen) atoms. The van der Waals surface area contributed by atoms with Gasteiger partial charge in [0, 0.05) is 19.1 Å². The summed E-state index contributed by atoms with van der Waals surface area (Å²) in [6, 6.07) is 5.66. The third kappa shape index (κ3) is 3.08. The van der Waals surface area contributed by atoms with Gasteiger partial charge in [-0.15, -0.1) is 0 Å². The van der Waals surface area contributed by atoms with Crippen LogP contribution in [-0.4, -0.2) is 55.5 Å². The highest BCUT2D eigenvalue weighted by atomic mass is 32.2. The van der Waals surface area contributed by atoms with Gasteiger partial charge in [-0.3, -0.25) is 0 Å². The maximum absolute atomic E-state index is 12.6. The summed E-state index contributed by atoms with van der Waals surface area (Å²) < 4.78 is 26.7. The first-order chi connectivity index (χ1) is 8.91. The molecular formula is C13H20N2O3S. The molecule has 6 heteroatoms. The van der Waals surface area contributed by atoms with Gasteiger partial charge in [0.1, 0.15) is 5.75 Å². The van der Waals surface area contributed by atoms with E-state index in [1.807, 2.05) is 14.0 Å². The van der Waals surface area contributed by atoms with Gasteiger partial charge in [-0.05, 0) is 51.2 Å². The lowest BCUT2D eigenvalue weighted by molar-refractivity contribution is 0.290. The Morgan fingerprint density at radius 2 is 1.84 bits per heavy atom. The van der Waals surface area contributed by atoms with Gasteiger partial charge in [0.15, 0.2) is 0 Å². The van der Waals surface area contributed by atoms with Crippen LogP contribution in [-0.2, 0) is 10.0 Å². The van der Waals surface area contributed by atoms with Crippen molar-refractivity contribution in [3.63, 3.8) is 0 Å². The summed E-state index contributed by atoms with van der Waals surface area (Å²) in [5.74, 6) is 0.0719.